The molecule has 1 N–H and O–H groups in total. The number of fused-ring (bicyclic) bond motifs is 5. The third-order valence-electron chi connectivity index (χ3n) is 6.28. The van der Waals surface area contributed by atoms with E-state index in [2.05, 4.69) is 4.90 Å². The minimum atomic E-state index is -0.120. The van der Waals surface area contributed by atoms with Crippen molar-refractivity contribution in [3.8, 4) is 11.5 Å². The van der Waals surface area contributed by atoms with Crippen molar-refractivity contribution in [3.05, 3.63) is 68.8 Å². The fraction of sp³-hybridized carbons (Fsp3) is 0.391. The lowest BCUT2D eigenvalue weighted by Gasteiger charge is -2.42. The van der Waals surface area contributed by atoms with E-state index >= 15 is 0 Å². The normalized spacial score (nSPS) is 22.8. The Morgan fingerprint density at radius 1 is 1.14 bits per heavy atom. The van der Waals surface area contributed by atoms with E-state index in [0.717, 1.165) is 37.3 Å². The summed E-state index contributed by atoms with van der Waals surface area (Å²) in [6.07, 6.45) is 1.08. The van der Waals surface area contributed by atoms with Gasteiger partial charge in [0, 0.05) is 43.9 Å². The van der Waals surface area contributed by atoms with Gasteiger partial charge in [-0.25, -0.2) is 0 Å². The number of likely N-dealkylation sites (tertiary alicyclic amines) is 1. The number of aromatic nitrogens is 1. The Balaban J connectivity index is 1.46. The Morgan fingerprint density at radius 2 is 1.97 bits per heavy atom. The van der Waals surface area contributed by atoms with Crippen molar-refractivity contribution in [2.24, 2.45) is 5.92 Å². The average molecular weight is 392 g/mol. The summed E-state index contributed by atoms with van der Waals surface area (Å²) in [6, 6.07) is 8.74. The minimum Gasteiger partial charge on any atom is -0.507 e. The van der Waals surface area contributed by atoms with Crippen LogP contribution in [-0.2, 0) is 13.1 Å². The third kappa shape index (κ3) is 2.90. The summed E-state index contributed by atoms with van der Waals surface area (Å²) in [5, 5.41) is 10.5. The van der Waals surface area contributed by atoms with Crippen LogP contribution in [0.5, 0.6) is 11.5 Å². The van der Waals surface area contributed by atoms with E-state index in [1.807, 2.05) is 30.5 Å². The molecule has 1 aromatic heterocycles. The second-order valence-electron chi connectivity index (χ2n) is 8.59. The standard InChI is InChI=1S/C23H24N2O4/c1-13(2)22-21(28)16-6-7-19(26)17(23(16)29-22)12-24-9-14-8-15(11-24)18-4-3-5-20(27)25(18)10-14/h3-7,14-15,26H,8-12H2,1-2H3/t14-,15+/m0/s1. The number of phenols is 1. The molecule has 2 bridgehead atoms. The highest BCUT2D eigenvalue weighted by Gasteiger charge is 2.37. The van der Waals surface area contributed by atoms with Crippen molar-refractivity contribution < 1.29 is 14.6 Å². The van der Waals surface area contributed by atoms with Gasteiger partial charge in [-0.1, -0.05) is 6.07 Å². The van der Waals surface area contributed by atoms with Crippen LogP contribution in [0.25, 0.3) is 0 Å². The fourth-order valence-corrected chi connectivity index (χ4v) is 5.01. The molecule has 2 aromatic rings. The number of carbonyl (C=O) groups excluding carboxylic acids is 1. The van der Waals surface area contributed by atoms with Crippen LogP contribution in [0.4, 0.5) is 0 Å². The molecule has 3 aliphatic heterocycles. The molecule has 0 aliphatic carbocycles. The van der Waals surface area contributed by atoms with Crippen LogP contribution in [-0.4, -0.2) is 33.4 Å². The molecular formula is C23H24N2O4. The number of aromatic hydroxyl groups is 1. The zero-order valence-corrected chi connectivity index (χ0v) is 16.6. The molecule has 6 heteroatoms. The van der Waals surface area contributed by atoms with Crippen molar-refractivity contribution >= 4 is 5.78 Å². The predicted molar refractivity (Wildman–Crippen MR) is 108 cm³/mol. The van der Waals surface area contributed by atoms with Gasteiger partial charge in [-0.05, 0) is 50.0 Å². The lowest BCUT2D eigenvalue weighted by molar-refractivity contribution is 0.101. The number of benzene rings is 1. The quantitative estimate of drug-likeness (QED) is 0.796. The van der Waals surface area contributed by atoms with Crippen LogP contribution in [0.1, 0.15) is 47.8 Å². The minimum absolute atomic E-state index is 0.0744. The molecule has 150 valence electrons. The molecule has 2 atom stereocenters. The van der Waals surface area contributed by atoms with E-state index in [4.69, 9.17) is 4.74 Å². The molecule has 0 saturated carbocycles. The molecule has 5 rings (SSSR count). The summed E-state index contributed by atoms with van der Waals surface area (Å²) >= 11 is 0. The van der Waals surface area contributed by atoms with Crippen LogP contribution < -0.4 is 10.3 Å². The van der Waals surface area contributed by atoms with E-state index in [9.17, 15) is 14.7 Å². The first-order chi connectivity index (χ1) is 13.9. The molecular weight excluding hydrogens is 368 g/mol. The predicted octanol–water partition coefficient (Wildman–Crippen LogP) is 3.04. The van der Waals surface area contributed by atoms with Gasteiger partial charge in [0.2, 0.25) is 5.78 Å². The number of pyridine rings is 1. The van der Waals surface area contributed by atoms with Gasteiger partial charge in [-0.15, -0.1) is 0 Å². The number of rotatable bonds is 2. The Morgan fingerprint density at radius 3 is 2.76 bits per heavy atom. The monoisotopic (exact) mass is 392 g/mol. The van der Waals surface area contributed by atoms with Gasteiger partial charge in [0.05, 0.1) is 11.1 Å². The van der Waals surface area contributed by atoms with Gasteiger partial charge in [0.1, 0.15) is 11.5 Å². The maximum absolute atomic E-state index is 12.6. The summed E-state index contributed by atoms with van der Waals surface area (Å²) in [5.74, 6) is 1.57. The van der Waals surface area contributed by atoms with Crippen LogP contribution >= 0.6 is 0 Å². The highest BCUT2D eigenvalue weighted by Crippen LogP contribution is 2.42. The average Bonchev–Trinajstić information content (AvgIpc) is 3.02. The second kappa shape index (κ2) is 6.59. The zero-order valence-electron chi connectivity index (χ0n) is 16.6. The van der Waals surface area contributed by atoms with E-state index in [0.29, 0.717) is 41.0 Å². The van der Waals surface area contributed by atoms with Crippen molar-refractivity contribution in [3.63, 3.8) is 0 Å². The fourth-order valence-electron chi connectivity index (χ4n) is 5.01. The number of nitrogens with zero attached hydrogens (tertiary/aromatic N) is 2. The topological polar surface area (TPSA) is 71.8 Å². The Kier molecular flexibility index (Phi) is 4.13. The molecule has 0 amide bonds. The highest BCUT2D eigenvalue weighted by molar-refractivity contribution is 6.13. The zero-order chi connectivity index (χ0) is 20.3. The molecule has 0 spiro atoms. The molecule has 3 aliphatic rings. The van der Waals surface area contributed by atoms with Gasteiger partial charge >= 0.3 is 0 Å². The van der Waals surface area contributed by atoms with Crippen molar-refractivity contribution in [1.29, 1.82) is 0 Å². The molecule has 1 saturated heterocycles. The summed E-state index contributed by atoms with van der Waals surface area (Å²) in [6.45, 7) is 6.62. The van der Waals surface area contributed by atoms with Crippen LogP contribution in [0, 0.1) is 5.92 Å². The smallest absolute Gasteiger partial charge is 0.250 e. The lowest BCUT2D eigenvalue weighted by Crippen LogP contribution is -2.46. The highest BCUT2D eigenvalue weighted by atomic mass is 16.5. The molecule has 4 heterocycles. The maximum Gasteiger partial charge on any atom is 0.250 e. The largest absolute Gasteiger partial charge is 0.507 e. The molecule has 0 radical (unpaired) electrons. The number of piperidine rings is 1. The van der Waals surface area contributed by atoms with Crippen LogP contribution in [0.3, 0.4) is 0 Å². The van der Waals surface area contributed by atoms with E-state index in [-0.39, 0.29) is 17.1 Å². The Hall–Kier alpha value is -2.86. The summed E-state index contributed by atoms with van der Waals surface area (Å²) in [7, 11) is 0. The second-order valence-corrected chi connectivity index (χ2v) is 8.59. The SMILES string of the molecule is CC(C)=C1Oc2c(ccc(O)c2CN2C[C@@H]3C[C@H](C2)c2cccc(=O)n2C3)C1=O. The summed E-state index contributed by atoms with van der Waals surface area (Å²) in [4.78, 5) is 27.1. The van der Waals surface area contributed by atoms with Crippen molar-refractivity contribution in [2.45, 2.75) is 39.3 Å². The van der Waals surface area contributed by atoms with E-state index < -0.39 is 0 Å². The first-order valence-corrected chi connectivity index (χ1v) is 10.1. The number of carbonyl (C=O) groups is 1. The van der Waals surface area contributed by atoms with Crippen molar-refractivity contribution in [1.82, 2.24) is 9.47 Å². The molecule has 1 aromatic carbocycles. The Bertz CT molecular complexity index is 1110. The number of hydrogen-bond acceptors (Lipinski definition) is 5. The van der Waals surface area contributed by atoms with Crippen LogP contribution in [0.2, 0.25) is 0 Å². The number of Topliss-reactive ketones (excluding diaryl/α,β-unsaturated/α-hetero) is 1. The van der Waals surface area contributed by atoms with Gasteiger partial charge in [0.15, 0.2) is 5.76 Å². The molecule has 1 fully saturated rings. The Labute approximate surface area is 169 Å². The lowest BCUT2D eigenvalue weighted by atomic mass is 9.83. The van der Waals surface area contributed by atoms with E-state index in [1.54, 1.807) is 18.2 Å². The molecule has 6 nitrogen and oxygen atoms in total. The number of phenolic OH excluding ortho intramolecular Hbond substituents is 1. The number of allylic oxidation sites excluding steroid dienone is 2. The van der Waals surface area contributed by atoms with Crippen LogP contribution in [0.15, 0.2) is 46.5 Å². The van der Waals surface area contributed by atoms with E-state index in [1.165, 1.54) is 0 Å². The van der Waals surface area contributed by atoms with Gasteiger partial charge in [-0.3, -0.25) is 14.5 Å². The van der Waals surface area contributed by atoms with Gasteiger partial charge < -0.3 is 14.4 Å². The first kappa shape index (κ1) is 18.2. The first-order valence-electron chi connectivity index (χ1n) is 10.1. The third-order valence-corrected chi connectivity index (χ3v) is 6.28. The molecule has 29 heavy (non-hydrogen) atoms. The maximum atomic E-state index is 12.6. The molecule has 0 unspecified atom stereocenters. The van der Waals surface area contributed by atoms with Gasteiger partial charge in [0.25, 0.3) is 5.56 Å². The number of ether oxygens (including phenoxy) is 1. The van der Waals surface area contributed by atoms with Gasteiger partial charge in [-0.2, -0.15) is 0 Å². The summed E-state index contributed by atoms with van der Waals surface area (Å²) in [5.41, 5.74) is 3.18. The van der Waals surface area contributed by atoms with Crippen molar-refractivity contribution in [2.75, 3.05) is 13.1 Å². The summed E-state index contributed by atoms with van der Waals surface area (Å²) < 4.78 is 7.81. The number of hydrogen-bond donors (Lipinski definition) is 1. The number of ketones is 1.